The van der Waals surface area contributed by atoms with Crippen molar-refractivity contribution in [2.75, 3.05) is 0 Å². The largest absolute Gasteiger partial charge is 0.255 e. The van der Waals surface area contributed by atoms with Crippen LogP contribution in [0.2, 0.25) is 0 Å². The van der Waals surface area contributed by atoms with Crippen molar-refractivity contribution in [2.24, 2.45) is 22.7 Å². The fourth-order valence-corrected chi connectivity index (χ4v) is 10.1. The summed E-state index contributed by atoms with van der Waals surface area (Å²) in [6, 6.07) is 30.8. The molecule has 4 heteroatoms. The highest BCUT2D eigenvalue weighted by Crippen LogP contribution is 2.68. The molecule has 4 heterocycles. The summed E-state index contributed by atoms with van der Waals surface area (Å²) < 4.78 is 0. The van der Waals surface area contributed by atoms with E-state index in [4.69, 9.17) is 9.97 Å². The van der Waals surface area contributed by atoms with Gasteiger partial charge in [0.15, 0.2) is 0 Å². The van der Waals surface area contributed by atoms with Crippen molar-refractivity contribution in [3.05, 3.63) is 131 Å². The Morgan fingerprint density at radius 2 is 1.02 bits per heavy atom. The Labute approximate surface area is 272 Å². The molecule has 1 aromatic carbocycles. The van der Waals surface area contributed by atoms with Gasteiger partial charge in [-0.3, -0.25) is 19.9 Å². The predicted octanol–water partition coefficient (Wildman–Crippen LogP) is 9.54. The van der Waals surface area contributed by atoms with Gasteiger partial charge in [-0.2, -0.15) is 0 Å². The van der Waals surface area contributed by atoms with E-state index in [1.54, 1.807) is 0 Å². The lowest BCUT2D eigenvalue weighted by molar-refractivity contribution is -0.00779. The lowest BCUT2D eigenvalue weighted by Gasteiger charge is -2.60. The Balaban J connectivity index is 1.04. The molecule has 4 nitrogen and oxygen atoms in total. The first-order chi connectivity index (χ1) is 22.3. The molecule has 0 N–H and O–H groups in total. The van der Waals surface area contributed by atoms with Gasteiger partial charge in [-0.15, -0.1) is 0 Å². The molecular formula is C42H42N4. The van der Waals surface area contributed by atoms with Crippen molar-refractivity contribution in [1.82, 2.24) is 19.9 Å². The molecule has 0 unspecified atom stereocenters. The van der Waals surface area contributed by atoms with E-state index < -0.39 is 0 Å². The molecule has 4 bridgehead atoms. The topological polar surface area (TPSA) is 51.6 Å². The number of nitrogens with zero attached hydrogens (tertiary/aromatic N) is 4. The summed E-state index contributed by atoms with van der Waals surface area (Å²) in [5.41, 5.74) is 12.9. The summed E-state index contributed by atoms with van der Waals surface area (Å²) in [5.74, 6) is 3.32. The molecule has 0 radical (unpaired) electrons. The second-order valence-electron chi connectivity index (χ2n) is 15.6. The lowest BCUT2D eigenvalue weighted by Crippen LogP contribution is -2.51. The van der Waals surface area contributed by atoms with Gasteiger partial charge in [0.05, 0.1) is 22.8 Å². The lowest BCUT2D eigenvalue weighted by atomic mass is 9.44. The fraction of sp³-hybridized carbons (Fsp3) is 0.381. The van der Waals surface area contributed by atoms with Crippen molar-refractivity contribution >= 4 is 0 Å². The summed E-state index contributed by atoms with van der Waals surface area (Å²) in [6.07, 6.45) is 8.34. The molecule has 46 heavy (non-hydrogen) atoms. The van der Waals surface area contributed by atoms with E-state index in [0.717, 1.165) is 35.6 Å². The molecule has 5 aromatic rings. The molecule has 230 valence electrons. The second kappa shape index (κ2) is 10.2. The van der Waals surface area contributed by atoms with Crippen molar-refractivity contribution < 1.29 is 0 Å². The summed E-state index contributed by atoms with van der Waals surface area (Å²) in [4.78, 5) is 19.9. The fourth-order valence-electron chi connectivity index (χ4n) is 10.1. The SMILES string of the molecule is CC1(C)[C@@H]2C[C@H]1c1ccc(-c3ccccn3)nc1[C@H]2Cc1cccc(C[C@@H]2c3nc(-c4ccccn4)ccc3[C@@H]3C[C@H]2C3(C)C)c1. The zero-order valence-electron chi connectivity index (χ0n) is 27.3. The van der Waals surface area contributed by atoms with Crippen LogP contribution in [-0.2, 0) is 12.8 Å². The van der Waals surface area contributed by atoms with E-state index in [1.807, 2.05) is 24.5 Å². The molecule has 6 atom stereocenters. The molecule has 2 fully saturated rings. The Morgan fingerprint density at radius 1 is 0.543 bits per heavy atom. The average molecular weight is 603 g/mol. The Bertz CT molecular complexity index is 1810. The van der Waals surface area contributed by atoms with Gasteiger partial charge in [0.25, 0.3) is 0 Å². The van der Waals surface area contributed by atoms with Gasteiger partial charge >= 0.3 is 0 Å². The highest BCUT2D eigenvalue weighted by Gasteiger charge is 2.58. The van der Waals surface area contributed by atoms with Crippen LogP contribution in [-0.4, -0.2) is 19.9 Å². The minimum absolute atomic E-state index is 0.304. The molecule has 2 saturated carbocycles. The summed E-state index contributed by atoms with van der Waals surface area (Å²) in [7, 11) is 0. The molecule has 11 rings (SSSR count). The van der Waals surface area contributed by atoms with Gasteiger partial charge in [-0.1, -0.05) is 76.2 Å². The van der Waals surface area contributed by atoms with Crippen LogP contribution in [0.15, 0.2) is 97.3 Å². The molecule has 0 aliphatic heterocycles. The normalized spacial score (nSPS) is 27.5. The van der Waals surface area contributed by atoms with Crippen LogP contribution >= 0.6 is 0 Å². The molecule has 0 amide bonds. The first kappa shape index (κ1) is 28.1. The van der Waals surface area contributed by atoms with E-state index in [0.29, 0.717) is 46.3 Å². The standard InChI is InChI=1S/C42H42N4/c1-41(2)31-23-33(41)29(39-27(31)14-16-37(45-39)35-12-5-7-18-43-35)21-25-10-9-11-26(20-25)22-30-34-24-32(42(34,3)4)28-15-17-38(46-40(28)30)36-13-6-8-19-44-36/h5-20,29-34H,21-24H2,1-4H3/t29-,30-,31-,32-,33+,34+/m0/s1. The number of rotatable bonds is 6. The Morgan fingerprint density at radius 3 is 1.43 bits per heavy atom. The molecule has 6 aliphatic rings. The van der Waals surface area contributed by atoms with Crippen LogP contribution in [0.5, 0.6) is 0 Å². The number of pyridine rings is 4. The van der Waals surface area contributed by atoms with Gasteiger partial charge in [-0.05, 0) is 119 Å². The molecule has 0 saturated heterocycles. The van der Waals surface area contributed by atoms with E-state index >= 15 is 0 Å². The number of aromatic nitrogens is 4. The third-order valence-corrected chi connectivity index (χ3v) is 12.8. The number of benzene rings is 1. The molecule has 0 spiro atoms. The highest BCUT2D eigenvalue weighted by atomic mass is 14.8. The molecule has 4 aromatic heterocycles. The van der Waals surface area contributed by atoms with Gasteiger partial charge in [0.1, 0.15) is 0 Å². The maximum Gasteiger partial charge on any atom is 0.0889 e. The van der Waals surface area contributed by atoms with Crippen LogP contribution in [0.4, 0.5) is 0 Å². The number of hydrogen-bond donors (Lipinski definition) is 0. The summed E-state index contributed by atoms with van der Waals surface area (Å²) >= 11 is 0. The van der Waals surface area contributed by atoms with Crippen LogP contribution < -0.4 is 0 Å². The van der Waals surface area contributed by atoms with Crippen molar-refractivity contribution in [3.63, 3.8) is 0 Å². The van der Waals surface area contributed by atoms with Gasteiger partial charge in [0, 0.05) is 35.6 Å². The minimum Gasteiger partial charge on any atom is -0.255 e. The van der Waals surface area contributed by atoms with Crippen LogP contribution in [0.25, 0.3) is 22.8 Å². The van der Waals surface area contributed by atoms with Crippen molar-refractivity contribution in [3.8, 4) is 22.8 Å². The van der Waals surface area contributed by atoms with Gasteiger partial charge in [0.2, 0.25) is 0 Å². The molecule has 6 aliphatic carbocycles. The maximum atomic E-state index is 5.34. The van der Waals surface area contributed by atoms with Gasteiger partial charge in [-0.25, -0.2) is 0 Å². The summed E-state index contributed by atoms with van der Waals surface area (Å²) in [5, 5.41) is 0. The maximum absolute atomic E-state index is 5.34. The summed E-state index contributed by atoms with van der Waals surface area (Å²) in [6.45, 7) is 9.91. The zero-order valence-corrected chi connectivity index (χ0v) is 27.3. The smallest absolute Gasteiger partial charge is 0.0889 e. The van der Waals surface area contributed by atoms with E-state index in [1.165, 1.54) is 46.5 Å². The Hall–Kier alpha value is -4.18. The predicted molar refractivity (Wildman–Crippen MR) is 184 cm³/mol. The first-order valence-electron chi connectivity index (χ1n) is 17.2. The van der Waals surface area contributed by atoms with Gasteiger partial charge < -0.3 is 0 Å². The quantitative estimate of drug-likeness (QED) is 0.194. The molecular weight excluding hydrogens is 560 g/mol. The van der Waals surface area contributed by atoms with E-state index in [2.05, 4.69) is 110 Å². The number of hydrogen-bond acceptors (Lipinski definition) is 4. The average Bonchev–Trinajstić information content (AvgIpc) is 3.08. The second-order valence-corrected chi connectivity index (χ2v) is 15.6. The van der Waals surface area contributed by atoms with E-state index in [-0.39, 0.29) is 0 Å². The third-order valence-electron chi connectivity index (χ3n) is 12.8. The van der Waals surface area contributed by atoms with Crippen LogP contribution in [0.3, 0.4) is 0 Å². The van der Waals surface area contributed by atoms with Crippen LogP contribution in [0.1, 0.15) is 97.8 Å². The monoisotopic (exact) mass is 602 g/mol. The van der Waals surface area contributed by atoms with Crippen LogP contribution in [0, 0.1) is 22.7 Å². The third kappa shape index (κ3) is 4.18. The minimum atomic E-state index is 0.304. The van der Waals surface area contributed by atoms with Crippen molar-refractivity contribution in [2.45, 2.75) is 77.0 Å². The highest BCUT2D eigenvalue weighted by molar-refractivity contribution is 5.58. The van der Waals surface area contributed by atoms with Crippen molar-refractivity contribution in [1.29, 1.82) is 0 Å². The zero-order chi connectivity index (χ0) is 31.2. The van der Waals surface area contributed by atoms with E-state index in [9.17, 15) is 0 Å². The Kier molecular flexibility index (Phi) is 6.20. The first-order valence-corrected chi connectivity index (χ1v) is 17.2.